The normalized spacial score (nSPS) is 22.9. The number of esters is 2. The number of carbonyl (C=O) groups is 3. The summed E-state index contributed by atoms with van der Waals surface area (Å²) in [5.74, 6) is -8.31. The molecule has 0 radical (unpaired) electrons. The first-order chi connectivity index (χ1) is 33.0. The third-order valence-electron chi connectivity index (χ3n) is 14.2. The van der Waals surface area contributed by atoms with E-state index >= 15 is 0 Å². The summed E-state index contributed by atoms with van der Waals surface area (Å²) in [5.41, 5.74) is 1.63. The molecular formula is C50H71F10NO9. The molecule has 1 aromatic rings. The van der Waals surface area contributed by atoms with Gasteiger partial charge in [0, 0.05) is 44.9 Å². The number of ether oxygens (including phenoxy) is 6. The van der Waals surface area contributed by atoms with Gasteiger partial charge in [0.1, 0.15) is 19.8 Å². The lowest BCUT2D eigenvalue weighted by Crippen LogP contribution is -2.47. The van der Waals surface area contributed by atoms with Crippen molar-refractivity contribution >= 4 is 18.1 Å². The molecule has 0 spiro atoms. The Labute approximate surface area is 404 Å². The highest BCUT2D eigenvalue weighted by atomic mass is 19.4. The highest BCUT2D eigenvalue weighted by Gasteiger charge is 2.57. The van der Waals surface area contributed by atoms with Crippen molar-refractivity contribution in [3.63, 3.8) is 0 Å². The van der Waals surface area contributed by atoms with Gasteiger partial charge >= 0.3 is 42.3 Å². The van der Waals surface area contributed by atoms with Crippen LogP contribution in [0.5, 0.6) is 0 Å². The molecule has 5 fully saturated rings. The Balaban J connectivity index is 1.12. The minimum absolute atomic E-state index is 0.00174. The fraction of sp³-hybridized carbons (Fsp3) is 0.820. The number of benzene rings is 1. The molecule has 0 amide bonds. The lowest BCUT2D eigenvalue weighted by molar-refractivity contribution is -0.284. The zero-order valence-corrected chi connectivity index (χ0v) is 40.2. The van der Waals surface area contributed by atoms with E-state index in [1.165, 1.54) is 19.3 Å². The molecular weight excluding hydrogens is 949 g/mol. The highest BCUT2D eigenvalue weighted by Crippen LogP contribution is 2.61. The number of hydrogen-bond donors (Lipinski definition) is 0. The maximum Gasteiger partial charge on any atom is 0.508 e. The Morgan fingerprint density at radius 2 is 1.11 bits per heavy atom. The SMILES string of the molecule is CCN1CCCC(COC(=O)OCc2cc(COC(=O)CCC(OCCCCCCC(F)(F)C(F)(F)F)OCCCCCCC(F)(F)C(F)(F)F)cc(COC(=O)CC34CC5CC(CC(C5)C3)C4)c2)C1. The van der Waals surface area contributed by atoms with E-state index in [1.54, 1.807) is 18.2 Å². The van der Waals surface area contributed by atoms with Crippen molar-refractivity contribution in [1.82, 2.24) is 4.90 Å². The Hall–Kier alpha value is -3.39. The van der Waals surface area contributed by atoms with Gasteiger partial charge < -0.3 is 33.3 Å². The van der Waals surface area contributed by atoms with E-state index in [4.69, 9.17) is 28.4 Å². The Morgan fingerprint density at radius 1 is 0.643 bits per heavy atom. The van der Waals surface area contributed by atoms with Crippen LogP contribution in [-0.2, 0) is 57.8 Å². The topological polar surface area (TPSA) is 110 Å². The predicted octanol–water partition coefficient (Wildman–Crippen LogP) is 13.2. The van der Waals surface area contributed by atoms with Gasteiger partial charge in [-0.05, 0) is 148 Å². The molecule has 4 aliphatic carbocycles. The van der Waals surface area contributed by atoms with Crippen LogP contribution in [0, 0.1) is 29.1 Å². The summed E-state index contributed by atoms with van der Waals surface area (Å²) in [6.45, 7) is 4.61. The largest absolute Gasteiger partial charge is 0.508 e. The van der Waals surface area contributed by atoms with Crippen LogP contribution >= 0.6 is 0 Å². The first kappa shape index (κ1) is 57.5. The van der Waals surface area contributed by atoms with E-state index in [2.05, 4.69) is 11.8 Å². The van der Waals surface area contributed by atoms with Gasteiger partial charge in [0.05, 0.1) is 19.4 Å². The second-order valence-electron chi connectivity index (χ2n) is 20.3. The average Bonchev–Trinajstić information content (AvgIpc) is 3.28. The molecule has 20 heteroatoms. The summed E-state index contributed by atoms with van der Waals surface area (Å²) >= 11 is 0. The van der Waals surface area contributed by atoms with Crippen LogP contribution < -0.4 is 0 Å². The third-order valence-corrected chi connectivity index (χ3v) is 14.2. The second-order valence-corrected chi connectivity index (χ2v) is 20.3. The first-order valence-corrected chi connectivity index (χ1v) is 25.1. The molecule has 10 nitrogen and oxygen atoms in total. The summed E-state index contributed by atoms with van der Waals surface area (Å²) in [6, 6.07) is 5.15. The molecule has 4 bridgehead atoms. The first-order valence-electron chi connectivity index (χ1n) is 25.1. The summed E-state index contributed by atoms with van der Waals surface area (Å²) in [5, 5.41) is 0. The van der Waals surface area contributed by atoms with Crippen LogP contribution in [0.3, 0.4) is 0 Å². The van der Waals surface area contributed by atoms with Crippen LogP contribution in [-0.4, -0.2) is 92.9 Å². The van der Waals surface area contributed by atoms with Crippen LogP contribution in [0.15, 0.2) is 18.2 Å². The number of likely N-dealkylation sites (tertiary alicyclic amines) is 1. The molecule has 0 aromatic heterocycles. The van der Waals surface area contributed by atoms with Gasteiger partial charge in [-0.1, -0.05) is 32.6 Å². The van der Waals surface area contributed by atoms with Crippen LogP contribution in [0.4, 0.5) is 48.7 Å². The van der Waals surface area contributed by atoms with E-state index in [1.807, 2.05) is 0 Å². The molecule has 1 heterocycles. The third kappa shape index (κ3) is 18.9. The van der Waals surface area contributed by atoms with E-state index in [0.29, 0.717) is 40.9 Å². The molecule has 400 valence electrons. The van der Waals surface area contributed by atoms with Crippen molar-refractivity contribution < 1.29 is 86.7 Å². The Kier molecular flexibility index (Phi) is 21.8. The van der Waals surface area contributed by atoms with Crippen molar-refractivity contribution in [2.24, 2.45) is 29.1 Å². The van der Waals surface area contributed by atoms with Crippen LogP contribution in [0.25, 0.3) is 0 Å². The fourth-order valence-electron chi connectivity index (χ4n) is 11.1. The average molecular weight is 1020 g/mol. The number of rotatable bonds is 30. The number of carbonyl (C=O) groups excluding carboxylic acids is 3. The molecule has 0 N–H and O–H groups in total. The van der Waals surface area contributed by atoms with Gasteiger partial charge in [0.25, 0.3) is 0 Å². The standard InChI is InChI=1S/C50H71F10NO9/c1-2-61-17-11-12-35(30-61)31-69-45(64)70-34-41-24-39(23-40(25-41)33-68-43(63)29-46-26-36-20-37(27-46)22-38(21-36)28-46)32-67-42(62)13-14-44(65-18-9-5-3-7-15-47(51,52)49(55,56)57)66-19-10-6-4-8-16-48(53,54)50(58,59)60/h23-25,35-38,44H,2-22,26-34H2,1H3. The lowest BCUT2D eigenvalue weighted by Gasteiger charge is -2.56. The molecule has 1 unspecified atom stereocenters. The number of halogens is 10. The van der Waals surface area contributed by atoms with Crippen molar-refractivity contribution in [2.45, 2.75) is 192 Å². The second kappa shape index (κ2) is 26.5. The van der Waals surface area contributed by atoms with Crippen LogP contribution in [0.2, 0.25) is 0 Å². The van der Waals surface area contributed by atoms with Gasteiger partial charge in [0.15, 0.2) is 6.29 Å². The fourth-order valence-corrected chi connectivity index (χ4v) is 11.1. The van der Waals surface area contributed by atoms with E-state index in [-0.39, 0.29) is 121 Å². The minimum Gasteiger partial charge on any atom is -0.461 e. The van der Waals surface area contributed by atoms with Gasteiger partial charge in [-0.3, -0.25) is 9.59 Å². The van der Waals surface area contributed by atoms with E-state index < -0.39 is 55.5 Å². The summed E-state index contributed by atoms with van der Waals surface area (Å²) < 4.78 is 162. The molecule has 5 aliphatic rings. The summed E-state index contributed by atoms with van der Waals surface area (Å²) in [6.07, 6.45) is -6.39. The number of alkyl halides is 10. The van der Waals surface area contributed by atoms with Crippen molar-refractivity contribution in [3.05, 3.63) is 34.9 Å². The zero-order valence-electron chi connectivity index (χ0n) is 40.2. The summed E-state index contributed by atoms with van der Waals surface area (Å²) in [4.78, 5) is 41.4. The molecule has 1 atom stereocenters. The number of piperidine rings is 1. The smallest absolute Gasteiger partial charge is 0.461 e. The number of unbranched alkanes of at least 4 members (excludes halogenated alkanes) is 6. The number of nitrogens with zero attached hydrogens (tertiary/aromatic N) is 1. The molecule has 4 saturated carbocycles. The molecule has 1 aromatic carbocycles. The molecule has 1 saturated heterocycles. The van der Waals surface area contributed by atoms with E-state index in [0.717, 1.165) is 51.7 Å². The maximum absolute atomic E-state index is 13.3. The van der Waals surface area contributed by atoms with Crippen LogP contribution in [0.1, 0.15) is 158 Å². The zero-order chi connectivity index (χ0) is 51.0. The highest BCUT2D eigenvalue weighted by molar-refractivity contribution is 5.70. The van der Waals surface area contributed by atoms with Gasteiger partial charge in [-0.15, -0.1) is 0 Å². The number of hydrogen-bond acceptors (Lipinski definition) is 10. The minimum atomic E-state index is -5.63. The molecule has 1 aliphatic heterocycles. The maximum atomic E-state index is 13.3. The lowest BCUT2D eigenvalue weighted by atomic mass is 9.49. The quantitative estimate of drug-likeness (QED) is 0.0243. The van der Waals surface area contributed by atoms with Gasteiger partial charge in [-0.25, -0.2) is 4.79 Å². The van der Waals surface area contributed by atoms with Crippen molar-refractivity contribution in [2.75, 3.05) is 39.5 Å². The molecule has 6 rings (SSSR count). The Morgan fingerprint density at radius 3 is 1.60 bits per heavy atom. The van der Waals surface area contributed by atoms with Crippen molar-refractivity contribution in [1.29, 1.82) is 0 Å². The van der Waals surface area contributed by atoms with Gasteiger partial charge in [-0.2, -0.15) is 43.9 Å². The summed E-state index contributed by atoms with van der Waals surface area (Å²) in [7, 11) is 0. The van der Waals surface area contributed by atoms with E-state index in [9.17, 15) is 58.3 Å². The predicted molar refractivity (Wildman–Crippen MR) is 235 cm³/mol. The monoisotopic (exact) mass is 1020 g/mol. The Bertz CT molecular complexity index is 1720. The molecule has 70 heavy (non-hydrogen) atoms. The van der Waals surface area contributed by atoms with Crippen molar-refractivity contribution in [3.8, 4) is 0 Å². The van der Waals surface area contributed by atoms with Gasteiger partial charge in [0.2, 0.25) is 0 Å².